The Hall–Kier alpha value is -1.59. The van der Waals surface area contributed by atoms with Gasteiger partial charge >= 0.3 is 0 Å². The van der Waals surface area contributed by atoms with E-state index in [1.54, 1.807) is 7.05 Å². The van der Waals surface area contributed by atoms with Gasteiger partial charge in [-0.25, -0.2) is 0 Å². The molecule has 0 radical (unpaired) electrons. The highest BCUT2D eigenvalue weighted by Crippen LogP contribution is 2.46. The summed E-state index contributed by atoms with van der Waals surface area (Å²) in [6.45, 7) is 4.42. The maximum absolute atomic E-state index is 12.1. The van der Waals surface area contributed by atoms with Crippen LogP contribution in [-0.2, 0) is 10.2 Å². The van der Waals surface area contributed by atoms with E-state index in [1.165, 1.54) is 33.6 Å². The first-order valence-electron chi connectivity index (χ1n) is 7.09. The summed E-state index contributed by atoms with van der Waals surface area (Å²) in [5.74, 6) is -0.0252. The fraction of sp³-hybridized carbons (Fsp3) is 0.294. The van der Waals surface area contributed by atoms with Crippen LogP contribution in [0.5, 0.6) is 0 Å². The molecular weight excluding hydrogens is 312 g/mol. The molecule has 0 atom stereocenters. The van der Waals surface area contributed by atoms with Crippen molar-refractivity contribution in [3.8, 4) is 0 Å². The van der Waals surface area contributed by atoms with Crippen molar-refractivity contribution in [2.45, 2.75) is 19.3 Å². The van der Waals surface area contributed by atoms with Gasteiger partial charge in [0.2, 0.25) is 0 Å². The molecule has 0 aromatic heterocycles. The highest BCUT2D eigenvalue weighted by atomic mass is 32.2. The average molecular weight is 330 g/mol. The molecule has 0 bridgehead atoms. The van der Waals surface area contributed by atoms with Crippen molar-refractivity contribution in [2.75, 3.05) is 19.0 Å². The summed E-state index contributed by atoms with van der Waals surface area (Å²) in [5.41, 5.74) is 3.62. The summed E-state index contributed by atoms with van der Waals surface area (Å²) in [6.07, 6.45) is 3.93. The first-order valence-corrected chi connectivity index (χ1v) is 8.32. The van der Waals surface area contributed by atoms with Crippen molar-refractivity contribution in [1.29, 1.82) is 0 Å². The van der Waals surface area contributed by atoms with Crippen LogP contribution in [-0.4, -0.2) is 29.2 Å². The van der Waals surface area contributed by atoms with Gasteiger partial charge < -0.3 is 4.90 Å². The molecule has 1 fully saturated rings. The van der Waals surface area contributed by atoms with E-state index in [-0.39, 0.29) is 11.3 Å². The molecule has 1 aromatic carbocycles. The van der Waals surface area contributed by atoms with Crippen molar-refractivity contribution in [3.05, 3.63) is 52.6 Å². The van der Waals surface area contributed by atoms with Crippen LogP contribution in [0.15, 0.2) is 47.0 Å². The van der Waals surface area contributed by atoms with E-state index in [2.05, 4.69) is 50.1 Å². The number of anilines is 1. The number of thioether (sulfide) groups is 1. The maximum Gasteiger partial charge on any atom is 0.265 e. The second-order valence-electron chi connectivity index (χ2n) is 6.02. The van der Waals surface area contributed by atoms with Crippen LogP contribution in [0.4, 0.5) is 5.69 Å². The summed E-state index contributed by atoms with van der Waals surface area (Å²) in [6, 6.07) is 8.41. The number of fused-ring (bicyclic) bond motifs is 1. The molecular formula is C17H18N2OS2. The summed E-state index contributed by atoms with van der Waals surface area (Å²) >= 11 is 6.52. The molecule has 5 heteroatoms. The van der Waals surface area contributed by atoms with Gasteiger partial charge in [-0.1, -0.05) is 56.0 Å². The third-order valence-corrected chi connectivity index (χ3v) is 5.82. The minimum absolute atomic E-state index is 0.0252. The number of carbonyl (C=O) groups is 1. The van der Waals surface area contributed by atoms with Crippen LogP contribution in [0.25, 0.3) is 0 Å². The Balaban J connectivity index is 2.00. The number of hydrogen-bond acceptors (Lipinski definition) is 4. The fourth-order valence-corrected chi connectivity index (χ4v) is 4.14. The number of carbonyl (C=O) groups excluding carboxylic acids is 1. The third kappa shape index (κ3) is 2.20. The number of hydrogen-bond donors (Lipinski definition) is 0. The molecule has 0 N–H and O–H groups in total. The van der Waals surface area contributed by atoms with Gasteiger partial charge in [0.1, 0.15) is 4.32 Å². The molecule has 22 heavy (non-hydrogen) atoms. The van der Waals surface area contributed by atoms with Gasteiger partial charge in [-0.2, -0.15) is 0 Å². The lowest BCUT2D eigenvalue weighted by Crippen LogP contribution is -2.23. The van der Waals surface area contributed by atoms with Crippen LogP contribution in [0, 0.1) is 0 Å². The monoisotopic (exact) mass is 330 g/mol. The summed E-state index contributed by atoms with van der Waals surface area (Å²) < 4.78 is 0.608. The number of benzene rings is 1. The lowest BCUT2D eigenvalue weighted by atomic mass is 9.84. The van der Waals surface area contributed by atoms with Crippen molar-refractivity contribution in [3.63, 3.8) is 0 Å². The van der Waals surface area contributed by atoms with Crippen LogP contribution >= 0.6 is 24.0 Å². The van der Waals surface area contributed by atoms with Crippen molar-refractivity contribution in [1.82, 2.24) is 4.90 Å². The van der Waals surface area contributed by atoms with Gasteiger partial charge in [0.15, 0.2) is 0 Å². The van der Waals surface area contributed by atoms with E-state index < -0.39 is 0 Å². The van der Waals surface area contributed by atoms with Gasteiger partial charge in [-0.05, 0) is 23.8 Å². The number of para-hydroxylation sites is 1. The van der Waals surface area contributed by atoms with Crippen LogP contribution in [0.2, 0.25) is 0 Å². The van der Waals surface area contributed by atoms with E-state index >= 15 is 0 Å². The highest BCUT2D eigenvalue weighted by molar-refractivity contribution is 8.26. The topological polar surface area (TPSA) is 23.6 Å². The molecule has 0 unspecified atom stereocenters. The van der Waals surface area contributed by atoms with Crippen molar-refractivity contribution >= 4 is 39.9 Å². The zero-order valence-electron chi connectivity index (χ0n) is 13.1. The smallest absolute Gasteiger partial charge is 0.265 e. The number of allylic oxidation sites excluding steroid dienone is 3. The molecule has 0 spiro atoms. The normalized spacial score (nSPS) is 23.8. The standard InChI is InChI=1S/C17H18N2OS2/c1-17(2)11-7-5-6-8-12(11)18(3)14(17)10-9-13-15(20)19(4)16(21)22-13/h5-10H,1-4H3/b13-9+,14-10+. The number of amides is 1. The van der Waals surface area contributed by atoms with E-state index in [0.29, 0.717) is 9.23 Å². The molecule has 2 aliphatic rings. The molecule has 0 aliphatic carbocycles. The summed E-state index contributed by atoms with van der Waals surface area (Å²) in [5, 5.41) is 0. The first-order chi connectivity index (χ1) is 10.3. The SMILES string of the molecule is CN1C(=O)/C(=C\C=C2\N(C)c3ccccc3C2(C)C)SC1=S. The quantitative estimate of drug-likeness (QED) is 0.579. The van der Waals surface area contributed by atoms with Crippen LogP contribution in [0.1, 0.15) is 19.4 Å². The van der Waals surface area contributed by atoms with Crippen molar-refractivity contribution < 1.29 is 4.79 Å². The Bertz CT molecular complexity index is 734. The number of nitrogens with zero attached hydrogens (tertiary/aromatic N) is 2. The molecule has 1 saturated heterocycles. The van der Waals surface area contributed by atoms with Gasteiger partial charge in [0.05, 0.1) is 4.91 Å². The van der Waals surface area contributed by atoms with Crippen LogP contribution < -0.4 is 4.90 Å². The molecule has 0 saturated carbocycles. The Morgan fingerprint density at radius 1 is 1.14 bits per heavy atom. The van der Waals surface area contributed by atoms with Gasteiger partial charge in [0.25, 0.3) is 5.91 Å². The Morgan fingerprint density at radius 2 is 1.82 bits per heavy atom. The second kappa shape index (κ2) is 5.25. The summed E-state index contributed by atoms with van der Waals surface area (Å²) in [4.78, 5) is 16.5. The fourth-order valence-electron chi connectivity index (χ4n) is 3.02. The molecule has 1 amide bonds. The predicted octanol–water partition coefficient (Wildman–Crippen LogP) is 3.67. The lowest BCUT2D eigenvalue weighted by molar-refractivity contribution is -0.121. The van der Waals surface area contributed by atoms with Gasteiger partial charge in [-0.3, -0.25) is 9.69 Å². The van der Waals surface area contributed by atoms with E-state index in [1.807, 2.05) is 12.2 Å². The van der Waals surface area contributed by atoms with Gasteiger partial charge in [0, 0.05) is 30.9 Å². The molecule has 2 heterocycles. The largest absolute Gasteiger partial charge is 0.347 e. The number of thiocarbonyl (C=S) groups is 1. The lowest BCUT2D eigenvalue weighted by Gasteiger charge is -2.23. The first kappa shape index (κ1) is 15.3. The molecule has 3 rings (SSSR count). The van der Waals surface area contributed by atoms with Crippen molar-refractivity contribution in [2.24, 2.45) is 0 Å². The van der Waals surface area contributed by atoms with E-state index in [4.69, 9.17) is 12.2 Å². The zero-order chi connectivity index (χ0) is 16.1. The number of rotatable bonds is 1. The van der Waals surface area contributed by atoms with E-state index in [9.17, 15) is 4.79 Å². The molecule has 114 valence electrons. The molecule has 3 nitrogen and oxygen atoms in total. The average Bonchev–Trinajstić information content (AvgIpc) is 2.84. The van der Waals surface area contributed by atoms with Gasteiger partial charge in [-0.15, -0.1) is 0 Å². The Morgan fingerprint density at radius 3 is 2.41 bits per heavy atom. The maximum atomic E-state index is 12.1. The minimum atomic E-state index is -0.0822. The predicted molar refractivity (Wildman–Crippen MR) is 97.0 cm³/mol. The second-order valence-corrected chi connectivity index (χ2v) is 7.69. The Labute approximate surface area is 140 Å². The molecule has 2 aliphatic heterocycles. The summed E-state index contributed by atoms with van der Waals surface area (Å²) in [7, 11) is 3.78. The zero-order valence-corrected chi connectivity index (χ0v) is 14.7. The minimum Gasteiger partial charge on any atom is -0.347 e. The Kier molecular flexibility index (Phi) is 3.65. The highest BCUT2D eigenvalue weighted by Gasteiger charge is 2.38. The van der Waals surface area contributed by atoms with Crippen LogP contribution in [0.3, 0.4) is 0 Å². The van der Waals surface area contributed by atoms with E-state index in [0.717, 1.165) is 0 Å². The third-order valence-electron chi connectivity index (χ3n) is 4.32. The number of likely N-dealkylation sites (N-methyl/N-ethyl adjacent to an activating group) is 2. The molecule has 1 aromatic rings.